The molecule has 106 valence electrons. The largest absolute Gasteiger partial charge is 0.481 e. The molecule has 20 heavy (non-hydrogen) atoms. The summed E-state index contributed by atoms with van der Waals surface area (Å²) in [5.74, 6) is -1.57. The van der Waals surface area contributed by atoms with Gasteiger partial charge in [-0.1, -0.05) is 13.0 Å². The molecule has 0 saturated carbocycles. The van der Waals surface area contributed by atoms with Gasteiger partial charge in [-0.2, -0.15) is 5.10 Å². The number of nitrogens with zero attached hydrogens (tertiary/aromatic N) is 2. The van der Waals surface area contributed by atoms with E-state index in [9.17, 15) is 9.59 Å². The van der Waals surface area contributed by atoms with Gasteiger partial charge in [0.05, 0.1) is 18.3 Å². The fraction of sp³-hybridized carbons (Fsp3) is 0.357. The zero-order chi connectivity index (χ0) is 14.7. The minimum absolute atomic E-state index is 0.0238. The number of aromatic nitrogens is 2. The number of carbonyl (C=O) groups excluding carboxylic acids is 1. The third-order valence-corrected chi connectivity index (χ3v) is 3.16. The van der Waals surface area contributed by atoms with Crippen LogP contribution in [0, 0.1) is 0 Å². The number of methoxy groups -OCH3 is 1. The molecule has 2 heterocycles. The summed E-state index contributed by atoms with van der Waals surface area (Å²) >= 11 is 0. The zero-order valence-electron chi connectivity index (χ0n) is 11.4. The maximum absolute atomic E-state index is 11.2. The lowest BCUT2D eigenvalue weighted by Crippen LogP contribution is -2.13. The standard InChI is InChI=1S/C14H16N2O4/c1-3-10-8-11-9(4-6-12(17)14(18)19)5-7-13(20-2)16(11)15-10/h5,7-8H,3-4,6H2,1-2H3,(H,18,19). The van der Waals surface area contributed by atoms with E-state index in [1.165, 1.54) is 0 Å². The number of ketones is 1. The van der Waals surface area contributed by atoms with Crippen LogP contribution in [0.3, 0.4) is 0 Å². The molecule has 0 unspecified atom stereocenters. The molecule has 0 aliphatic carbocycles. The number of hydrogen-bond acceptors (Lipinski definition) is 4. The molecule has 2 rings (SSSR count). The number of carboxylic acid groups (broad SMARTS) is 1. The molecule has 0 amide bonds. The topological polar surface area (TPSA) is 80.9 Å². The van der Waals surface area contributed by atoms with E-state index in [1.807, 2.05) is 19.1 Å². The van der Waals surface area contributed by atoms with Crippen LogP contribution in [0.2, 0.25) is 0 Å². The average molecular weight is 276 g/mol. The van der Waals surface area contributed by atoms with Gasteiger partial charge < -0.3 is 9.84 Å². The minimum Gasteiger partial charge on any atom is -0.481 e. The van der Waals surface area contributed by atoms with E-state index in [4.69, 9.17) is 9.84 Å². The predicted molar refractivity (Wildman–Crippen MR) is 72.1 cm³/mol. The number of aryl methyl sites for hydroxylation is 2. The molecule has 0 bridgehead atoms. The van der Waals surface area contributed by atoms with Gasteiger partial charge in [0.2, 0.25) is 11.7 Å². The molecule has 6 heteroatoms. The summed E-state index contributed by atoms with van der Waals surface area (Å²) in [6, 6.07) is 5.54. The first kappa shape index (κ1) is 14.0. The highest BCUT2D eigenvalue weighted by Crippen LogP contribution is 2.21. The van der Waals surface area contributed by atoms with Gasteiger partial charge in [0.1, 0.15) is 0 Å². The summed E-state index contributed by atoms with van der Waals surface area (Å²) in [5, 5.41) is 13.0. The number of carboxylic acids is 1. The lowest BCUT2D eigenvalue weighted by atomic mass is 10.1. The Hall–Kier alpha value is -2.37. The fourth-order valence-corrected chi connectivity index (χ4v) is 2.05. The van der Waals surface area contributed by atoms with Gasteiger partial charge in [-0.25, -0.2) is 9.31 Å². The molecule has 0 atom stereocenters. The molecule has 1 N–H and O–H groups in total. The Kier molecular flexibility index (Phi) is 4.02. The molecule has 0 spiro atoms. The van der Waals surface area contributed by atoms with Crippen LogP contribution < -0.4 is 4.74 Å². The Balaban J connectivity index is 2.36. The van der Waals surface area contributed by atoms with Gasteiger partial charge in [0.15, 0.2) is 0 Å². The van der Waals surface area contributed by atoms with Crippen molar-refractivity contribution in [3.05, 3.63) is 29.5 Å². The SMILES string of the molecule is CCc1cc2c(CCC(=O)C(=O)O)ccc(OC)n2n1. The van der Waals surface area contributed by atoms with Crippen molar-refractivity contribution in [1.29, 1.82) is 0 Å². The highest BCUT2D eigenvalue weighted by Gasteiger charge is 2.14. The van der Waals surface area contributed by atoms with Crippen LogP contribution in [-0.4, -0.2) is 33.6 Å². The molecule has 0 aliphatic rings. The monoisotopic (exact) mass is 276 g/mol. The van der Waals surface area contributed by atoms with Gasteiger partial charge in [-0.05, 0) is 24.5 Å². The minimum atomic E-state index is -1.39. The number of hydrogen-bond donors (Lipinski definition) is 1. The second-order valence-corrected chi connectivity index (χ2v) is 4.42. The average Bonchev–Trinajstić information content (AvgIpc) is 2.88. The first-order chi connectivity index (χ1) is 9.56. The molecule has 6 nitrogen and oxygen atoms in total. The van der Waals surface area contributed by atoms with Crippen LogP contribution in [0.25, 0.3) is 5.52 Å². The number of aliphatic carboxylic acids is 1. The molecule has 0 aromatic carbocycles. The normalized spacial score (nSPS) is 10.7. The fourth-order valence-electron chi connectivity index (χ4n) is 2.05. The molecule has 0 radical (unpaired) electrons. The van der Waals surface area contributed by atoms with Crippen LogP contribution in [0.15, 0.2) is 18.2 Å². The summed E-state index contributed by atoms with van der Waals surface area (Å²) < 4.78 is 6.92. The third-order valence-electron chi connectivity index (χ3n) is 3.16. The summed E-state index contributed by atoms with van der Waals surface area (Å²) in [5.41, 5.74) is 2.65. The maximum atomic E-state index is 11.2. The highest BCUT2D eigenvalue weighted by molar-refractivity contribution is 6.32. The number of rotatable bonds is 6. The first-order valence-corrected chi connectivity index (χ1v) is 6.37. The number of carbonyl (C=O) groups is 2. The molecular formula is C14H16N2O4. The van der Waals surface area contributed by atoms with E-state index < -0.39 is 11.8 Å². The van der Waals surface area contributed by atoms with E-state index in [2.05, 4.69) is 5.10 Å². The molecule has 0 saturated heterocycles. The van der Waals surface area contributed by atoms with Crippen molar-refractivity contribution in [1.82, 2.24) is 9.61 Å². The van der Waals surface area contributed by atoms with Crippen LogP contribution in [-0.2, 0) is 22.4 Å². The number of ether oxygens (including phenoxy) is 1. The molecular weight excluding hydrogens is 260 g/mol. The van der Waals surface area contributed by atoms with E-state index in [-0.39, 0.29) is 6.42 Å². The van der Waals surface area contributed by atoms with Gasteiger partial charge in [-0.3, -0.25) is 4.79 Å². The van der Waals surface area contributed by atoms with Crippen molar-refractivity contribution in [2.45, 2.75) is 26.2 Å². The molecule has 2 aromatic rings. The van der Waals surface area contributed by atoms with Crippen molar-refractivity contribution >= 4 is 17.3 Å². The smallest absolute Gasteiger partial charge is 0.372 e. The van der Waals surface area contributed by atoms with E-state index in [1.54, 1.807) is 17.7 Å². The second-order valence-electron chi connectivity index (χ2n) is 4.42. The van der Waals surface area contributed by atoms with Crippen molar-refractivity contribution in [3.8, 4) is 5.88 Å². The Bertz CT molecular complexity index is 660. The molecule has 0 aliphatic heterocycles. The summed E-state index contributed by atoms with van der Waals surface area (Å²) in [6.07, 6.45) is 1.13. The van der Waals surface area contributed by atoms with Gasteiger partial charge in [-0.15, -0.1) is 0 Å². The quantitative estimate of drug-likeness (QED) is 0.808. The van der Waals surface area contributed by atoms with Crippen molar-refractivity contribution < 1.29 is 19.4 Å². The van der Waals surface area contributed by atoms with Crippen LogP contribution in [0.5, 0.6) is 5.88 Å². The Morgan fingerprint density at radius 1 is 1.40 bits per heavy atom. The first-order valence-electron chi connectivity index (χ1n) is 6.37. The van der Waals surface area contributed by atoms with E-state index in [0.717, 1.165) is 23.2 Å². The third kappa shape index (κ3) is 2.64. The van der Waals surface area contributed by atoms with E-state index in [0.29, 0.717) is 12.3 Å². The zero-order valence-corrected chi connectivity index (χ0v) is 11.4. The Labute approximate surface area is 116 Å². The second kappa shape index (κ2) is 5.73. The Morgan fingerprint density at radius 2 is 2.15 bits per heavy atom. The molecule has 0 fully saturated rings. The lowest BCUT2D eigenvalue weighted by molar-refractivity contribution is -0.149. The van der Waals surface area contributed by atoms with Gasteiger partial charge in [0.25, 0.3) is 0 Å². The van der Waals surface area contributed by atoms with Crippen LogP contribution in [0.1, 0.15) is 24.6 Å². The molecule has 2 aromatic heterocycles. The van der Waals surface area contributed by atoms with Gasteiger partial charge >= 0.3 is 5.97 Å². The Morgan fingerprint density at radius 3 is 2.75 bits per heavy atom. The van der Waals surface area contributed by atoms with Gasteiger partial charge in [0, 0.05) is 12.5 Å². The van der Waals surface area contributed by atoms with Crippen molar-refractivity contribution in [2.75, 3.05) is 7.11 Å². The van der Waals surface area contributed by atoms with Crippen molar-refractivity contribution in [2.24, 2.45) is 0 Å². The summed E-state index contributed by atoms with van der Waals surface area (Å²) in [4.78, 5) is 21.7. The number of fused-ring (bicyclic) bond motifs is 1. The van der Waals surface area contributed by atoms with E-state index >= 15 is 0 Å². The van der Waals surface area contributed by atoms with Crippen molar-refractivity contribution in [3.63, 3.8) is 0 Å². The summed E-state index contributed by atoms with van der Waals surface area (Å²) in [6.45, 7) is 2.00. The van der Waals surface area contributed by atoms with Crippen LogP contribution >= 0.6 is 0 Å². The van der Waals surface area contributed by atoms with Crippen LogP contribution in [0.4, 0.5) is 0 Å². The maximum Gasteiger partial charge on any atom is 0.372 e. The predicted octanol–water partition coefficient (Wildman–Crippen LogP) is 1.49. The number of pyridine rings is 1. The lowest BCUT2D eigenvalue weighted by Gasteiger charge is -2.07. The highest BCUT2D eigenvalue weighted by atomic mass is 16.5. The summed E-state index contributed by atoms with van der Waals surface area (Å²) in [7, 11) is 1.57. The number of Topliss-reactive ketones (excluding diaryl/α,β-unsaturated/α-hetero) is 1.